The number of rotatable bonds is 6. The number of methoxy groups -OCH3 is 1. The summed E-state index contributed by atoms with van der Waals surface area (Å²) in [4.78, 5) is 0. The second-order valence-electron chi connectivity index (χ2n) is 5.35. The van der Waals surface area contributed by atoms with Gasteiger partial charge in [-0.3, -0.25) is 0 Å². The van der Waals surface area contributed by atoms with Gasteiger partial charge in [0.1, 0.15) is 0 Å². The Labute approximate surface area is 101 Å². The molecule has 0 heterocycles. The van der Waals surface area contributed by atoms with E-state index in [1.165, 1.54) is 38.5 Å². The molecule has 0 bridgehead atoms. The number of nitrogens with one attached hydrogen (secondary N) is 1. The molecular weight excluding hydrogens is 198 g/mol. The van der Waals surface area contributed by atoms with Gasteiger partial charge < -0.3 is 10.1 Å². The van der Waals surface area contributed by atoms with Gasteiger partial charge in [-0.2, -0.15) is 0 Å². The Morgan fingerprint density at radius 3 is 2.38 bits per heavy atom. The predicted octanol–water partition coefficient (Wildman–Crippen LogP) is 3.36. The number of ether oxygens (including phenoxy) is 1. The lowest BCUT2D eigenvalue weighted by molar-refractivity contribution is -0.0762. The Morgan fingerprint density at radius 2 is 1.94 bits per heavy atom. The van der Waals surface area contributed by atoms with Crippen LogP contribution in [0.15, 0.2) is 0 Å². The fraction of sp³-hybridized carbons (Fsp3) is 1.00. The van der Waals surface area contributed by atoms with Crippen LogP contribution in [0.2, 0.25) is 0 Å². The summed E-state index contributed by atoms with van der Waals surface area (Å²) in [6.45, 7) is 7.86. The fourth-order valence-electron chi connectivity index (χ4n) is 3.03. The van der Waals surface area contributed by atoms with Gasteiger partial charge in [-0.25, -0.2) is 0 Å². The quantitative estimate of drug-likeness (QED) is 0.751. The summed E-state index contributed by atoms with van der Waals surface area (Å²) >= 11 is 0. The van der Waals surface area contributed by atoms with E-state index in [0.29, 0.717) is 6.04 Å². The highest BCUT2D eigenvalue weighted by atomic mass is 16.5. The first-order valence-electron chi connectivity index (χ1n) is 6.97. The molecule has 0 aliphatic heterocycles. The molecule has 2 heteroatoms. The second kappa shape index (κ2) is 6.61. The van der Waals surface area contributed by atoms with Gasteiger partial charge in [-0.15, -0.1) is 0 Å². The normalized spacial score (nSPS) is 32.6. The lowest BCUT2D eigenvalue weighted by Crippen LogP contribution is -2.53. The first kappa shape index (κ1) is 14.0. The first-order chi connectivity index (χ1) is 7.68. The molecule has 1 aliphatic rings. The summed E-state index contributed by atoms with van der Waals surface area (Å²) < 4.78 is 5.93. The number of hydrogen-bond acceptors (Lipinski definition) is 2. The van der Waals surface area contributed by atoms with E-state index in [9.17, 15) is 0 Å². The van der Waals surface area contributed by atoms with Crippen LogP contribution in [0.1, 0.15) is 59.3 Å². The van der Waals surface area contributed by atoms with E-state index in [1.807, 2.05) is 7.11 Å². The average Bonchev–Trinajstić information content (AvgIpc) is 2.31. The van der Waals surface area contributed by atoms with Crippen LogP contribution in [-0.2, 0) is 4.74 Å². The van der Waals surface area contributed by atoms with E-state index in [2.05, 4.69) is 26.1 Å². The van der Waals surface area contributed by atoms with Crippen molar-refractivity contribution >= 4 is 0 Å². The Balaban J connectivity index is 2.67. The van der Waals surface area contributed by atoms with E-state index >= 15 is 0 Å². The summed E-state index contributed by atoms with van der Waals surface area (Å²) in [7, 11) is 1.90. The van der Waals surface area contributed by atoms with Crippen molar-refractivity contribution in [1.29, 1.82) is 0 Å². The highest BCUT2D eigenvalue weighted by Crippen LogP contribution is 2.38. The molecule has 1 saturated carbocycles. The zero-order valence-electron chi connectivity index (χ0n) is 11.5. The molecule has 0 aromatic carbocycles. The van der Waals surface area contributed by atoms with Gasteiger partial charge in [0, 0.05) is 13.2 Å². The van der Waals surface area contributed by atoms with Gasteiger partial charge in [0.2, 0.25) is 0 Å². The number of hydrogen-bond donors (Lipinski definition) is 1. The lowest BCUT2D eigenvalue weighted by atomic mass is 9.74. The maximum Gasteiger partial charge on any atom is 0.0831 e. The van der Waals surface area contributed by atoms with Crippen LogP contribution in [0.5, 0.6) is 0 Å². The van der Waals surface area contributed by atoms with E-state index < -0.39 is 0 Å². The highest BCUT2D eigenvalue weighted by molar-refractivity contribution is 4.96. The maximum atomic E-state index is 5.93. The highest BCUT2D eigenvalue weighted by Gasteiger charge is 2.40. The monoisotopic (exact) mass is 227 g/mol. The van der Waals surface area contributed by atoms with E-state index in [4.69, 9.17) is 4.74 Å². The molecule has 1 atom stereocenters. The minimum Gasteiger partial charge on any atom is -0.377 e. The van der Waals surface area contributed by atoms with E-state index in [1.54, 1.807) is 0 Å². The van der Waals surface area contributed by atoms with Crippen molar-refractivity contribution in [2.24, 2.45) is 5.92 Å². The molecule has 16 heavy (non-hydrogen) atoms. The summed E-state index contributed by atoms with van der Waals surface area (Å²) in [5.74, 6) is 0.882. The molecule has 0 amide bonds. The summed E-state index contributed by atoms with van der Waals surface area (Å²) in [5.41, 5.74) is 0.110. The van der Waals surface area contributed by atoms with Gasteiger partial charge in [0.25, 0.3) is 0 Å². The Bertz CT molecular complexity index is 179. The molecule has 0 aromatic rings. The largest absolute Gasteiger partial charge is 0.377 e. The molecule has 96 valence electrons. The second-order valence-corrected chi connectivity index (χ2v) is 5.35. The molecule has 1 unspecified atom stereocenters. The van der Waals surface area contributed by atoms with Crippen LogP contribution in [0.3, 0.4) is 0 Å². The van der Waals surface area contributed by atoms with Gasteiger partial charge in [-0.1, -0.05) is 27.2 Å². The molecule has 0 saturated heterocycles. The van der Waals surface area contributed by atoms with Crippen LogP contribution < -0.4 is 5.32 Å². The van der Waals surface area contributed by atoms with Gasteiger partial charge in [-0.05, 0) is 44.6 Å². The van der Waals surface area contributed by atoms with Crippen molar-refractivity contribution in [2.75, 3.05) is 13.7 Å². The van der Waals surface area contributed by atoms with Crippen molar-refractivity contribution in [1.82, 2.24) is 5.32 Å². The lowest BCUT2D eigenvalue weighted by Gasteiger charge is -2.44. The smallest absolute Gasteiger partial charge is 0.0831 e. The van der Waals surface area contributed by atoms with Crippen LogP contribution in [0.4, 0.5) is 0 Å². The Hall–Kier alpha value is -0.0800. The van der Waals surface area contributed by atoms with Crippen molar-refractivity contribution in [3.63, 3.8) is 0 Å². The van der Waals surface area contributed by atoms with Gasteiger partial charge >= 0.3 is 0 Å². The molecule has 1 fully saturated rings. The fourth-order valence-corrected chi connectivity index (χ4v) is 3.03. The molecular formula is C14H29NO. The number of likely N-dealkylation sites (N-methyl/N-ethyl adjacent to an activating group) is 1. The molecule has 1 rings (SSSR count). The zero-order chi connectivity index (χ0) is 12.0. The van der Waals surface area contributed by atoms with Crippen LogP contribution >= 0.6 is 0 Å². The summed E-state index contributed by atoms with van der Waals surface area (Å²) in [6, 6.07) is 0.542. The Kier molecular flexibility index (Phi) is 5.77. The molecule has 1 aliphatic carbocycles. The Morgan fingerprint density at radius 1 is 1.31 bits per heavy atom. The van der Waals surface area contributed by atoms with Crippen LogP contribution in [-0.4, -0.2) is 25.3 Å². The van der Waals surface area contributed by atoms with Gasteiger partial charge in [0.05, 0.1) is 5.60 Å². The predicted molar refractivity (Wildman–Crippen MR) is 69.7 cm³/mol. The van der Waals surface area contributed by atoms with Gasteiger partial charge in [0.15, 0.2) is 0 Å². The molecule has 2 nitrogen and oxygen atoms in total. The van der Waals surface area contributed by atoms with E-state index in [0.717, 1.165) is 12.5 Å². The van der Waals surface area contributed by atoms with Crippen LogP contribution in [0, 0.1) is 5.92 Å². The van der Waals surface area contributed by atoms with E-state index in [-0.39, 0.29) is 5.60 Å². The maximum absolute atomic E-state index is 5.93. The summed E-state index contributed by atoms with van der Waals surface area (Å²) in [6.07, 6.45) is 7.55. The minimum absolute atomic E-state index is 0.110. The third-order valence-corrected chi connectivity index (χ3v) is 4.19. The SMILES string of the molecule is CCCC(NCC)C1(OC)CCC(C)CC1. The molecule has 0 radical (unpaired) electrons. The topological polar surface area (TPSA) is 21.3 Å². The molecule has 0 aromatic heterocycles. The van der Waals surface area contributed by atoms with Crippen molar-refractivity contribution in [3.05, 3.63) is 0 Å². The molecule has 1 N–H and O–H groups in total. The van der Waals surface area contributed by atoms with Crippen molar-refractivity contribution in [3.8, 4) is 0 Å². The van der Waals surface area contributed by atoms with Crippen molar-refractivity contribution < 1.29 is 4.74 Å². The van der Waals surface area contributed by atoms with Crippen LogP contribution in [0.25, 0.3) is 0 Å². The third kappa shape index (κ3) is 3.21. The standard InChI is InChI=1S/C14H29NO/c1-5-7-13(15-6-2)14(16-4)10-8-12(3)9-11-14/h12-13,15H,5-11H2,1-4H3. The molecule has 0 spiro atoms. The first-order valence-corrected chi connectivity index (χ1v) is 6.97. The summed E-state index contributed by atoms with van der Waals surface area (Å²) in [5, 5.41) is 3.63. The third-order valence-electron chi connectivity index (χ3n) is 4.19. The van der Waals surface area contributed by atoms with Crippen molar-refractivity contribution in [2.45, 2.75) is 70.9 Å². The zero-order valence-corrected chi connectivity index (χ0v) is 11.5. The average molecular weight is 227 g/mol. The minimum atomic E-state index is 0.110.